The third-order valence-corrected chi connectivity index (χ3v) is 3.74. The maximum atomic E-state index is 4.52. The van der Waals surface area contributed by atoms with Gasteiger partial charge in [0.1, 0.15) is 5.01 Å². The molecule has 0 spiro atoms. The normalized spacial score (nSPS) is 21.5. The van der Waals surface area contributed by atoms with Gasteiger partial charge in [0.15, 0.2) is 5.82 Å². The average Bonchev–Trinajstić information content (AvgIpc) is 2.88. The number of hydrogen-bond donors (Lipinski definition) is 1. The summed E-state index contributed by atoms with van der Waals surface area (Å²) in [6.07, 6.45) is 2.33. The van der Waals surface area contributed by atoms with Crippen molar-refractivity contribution >= 4 is 16.3 Å². The molecule has 0 amide bonds. The van der Waals surface area contributed by atoms with E-state index in [9.17, 15) is 0 Å². The van der Waals surface area contributed by atoms with Crippen molar-refractivity contribution in [2.75, 3.05) is 13.1 Å². The van der Waals surface area contributed by atoms with E-state index in [1.807, 2.05) is 11.4 Å². The lowest BCUT2D eigenvalue weighted by Gasteiger charge is -2.02. The molecule has 5 nitrogen and oxygen atoms in total. The van der Waals surface area contributed by atoms with Crippen molar-refractivity contribution in [2.45, 2.75) is 19.8 Å². The van der Waals surface area contributed by atoms with E-state index < -0.39 is 0 Å². The maximum absolute atomic E-state index is 4.52. The van der Waals surface area contributed by atoms with E-state index in [2.05, 4.69) is 20.6 Å². The lowest BCUT2D eigenvalue weighted by Crippen LogP contribution is -2.10. The summed E-state index contributed by atoms with van der Waals surface area (Å²) in [7, 11) is 0. The van der Waals surface area contributed by atoms with Gasteiger partial charge < -0.3 is 5.32 Å². The fourth-order valence-corrected chi connectivity index (χ4v) is 2.97. The Morgan fingerprint density at radius 1 is 1.53 bits per heavy atom. The molecule has 0 bridgehead atoms. The van der Waals surface area contributed by atoms with Crippen LogP contribution >= 0.6 is 11.3 Å². The summed E-state index contributed by atoms with van der Waals surface area (Å²) in [4.78, 5) is 0.911. The van der Waals surface area contributed by atoms with Gasteiger partial charge in [0.2, 0.25) is 4.96 Å². The zero-order valence-electron chi connectivity index (χ0n) is 8.60. The smallest absolute Gasteiger partial charge is 0.234 e. The number of aromatic nitrogens is 4. The number of rotatable bonds is 2. The summed E-state index contributed by atoms with van der Waals surface area (Å²) < 4.78 is 1.84. The Labute approximate surface area is 91.5 Å². The lowest BCUT2D eigenvalue weighted by molar-refractivity contribution is 0.573. The second-order valence-corrected chi connectivity index (χ2v) is 5.04. The Morgan fingerprint density at radius 2 is 2.47 bits per heavy atom. The van der Waals surface area contributed by atoms with Crippen LogP contribution in [0.5, 0.6) is 0 Å². The molecule has 0 aromatic carbocycles. The number of fused-ring (bicyclic) bond motifs is 1. The number of nitrogens with zero attached hydrogens (tertiary/aromatic N) is 4. The lowest BCUT2D eigenvalue weighted by atomic mass is 10.1. The van der Waals surface area contributed by atoms with Gasteiger partial charge in [0, 0.05) is 6.42 Å². The zero-order valence-corrected chi connectivity index (χ0v) is 9.42. The summed E-state index contributed by atoms with van der Waals surface area (Å²) in [6, 6.07) is 0. The summed E-state index contributed by atoms with van der Waals surface area (Å²) in [5.41, 5.74) is 0. The van der Waals surface area contributed by atoms with Crippen LogP contribution in [0.3, 0.4) is 0 Å². The quantitative estimate of drug-likeness (QED) is 0.812. The van der Waals surface area contributed by atoms with Gasteiger partial charge in [-0.25, -0.2) is 0 Å². The Balaban J connectivity index is 1.84. The third-order valence-electron chi connectivity index (χ3n) is 2.81. The number of aryl methyl sites for hydroxylation is 1. The summed E-state index contributed by atoms with van der Waals surface area (Å²) in [5.74, 6) is 1.62. The molecule has 15 heavy (non-hydrogen) atoms. The summed E-state index contributed by atoms with van der Waals surface area (Å²) >= 11 is 1.66. The highest BCUT2D eigenvalue weighted by Gasteiger charge is 2.18. The predicted octanol–water partition coefficient (Wildman–Crippen LogP) is 0.646. The van der Waals surface area contributed by atoms with Crippen LogP contribution in [0.2, 0.25) is 0 Å². The highest BCUT2D eigenvalue weighted by atomic mass is 32.1. The minimum atomic E-state index is 0.745. The van der Waals surface area contributed by atoms with E-state index in [1.165, 1.54) is 11.4 Å². The molecule has 3 heterocycles. The summed E-state index contributed by atoms with van der Waals surface area (Å²) in [6.45, 7) is 4.20. The van der Waals surface area contributed by atoms with Crippen molar-refractivity contribution in [1.29, 1.82) is 0 Å². The van der Waals surface area contributed by atoms with Gasteiger partial charge in [-0.3, -0.25) is 0 Å². The van der Waals surface area contributed by atoms with Crippen LogP contribution in [0, 0.1) is 12.8 Å². The Bertz CT molecular complexity index is 468. The first-order valence-corrected chi connectivity index (χ1v) is 6.03. The van der Waals surface area contributed by atoms with Gasteiger partial charge in [-0.05, 0) is 32.4 Å². The minimum Gasteiger partial charge on any atom is -0.316 e. The SMILES string of the molecule is Cc1nnc2sc(CC3CCNC3)nn12. The third kappa shape index (κ3) is 1.63. The molecule has 0 saturated carbocycles. The van der Waals surface area contributed by atoms with Crippen LogP contribution in [0.25, 0.3) is 4.96 Å². The van der Waals surface area contributed by atoms with E-state index in [4.69, 9.17) is 0 Å². The van der Waals surface area contributed by atoms with Gasteiger partial charge in [0.25, 0.3) is 0 Å². The zero-order chi connectivity index (χ0) is 10.3. The second kappa shape index (κ2) is 3.53. The Hall–Kier alpha value is -1.01. The molecule has 1 saturated heterocycles. The van der Waals surface area contributed by atoms with E-state index in [-0.39, 0.29) is 0 Å². The predicted molar refractivity (Wildman–Crippen MR) is 58.1 cm³/mol. The molecule has 1 N–H and O–H groups in total. The number of hydrogen-bond acceptors (Lipinski definition) is 5. The molecule has 2 aromatic heterocycles. The molecule has 6 heteroatoms. The van der Waals surface area contributed by atoms with E-state index in [0.29, 0.717) is 0 Å². The molecular weight excluding hydrogens is 210 g/mol. The molecule has 2 aromatic rings. The van der Waals surface area contributed by atoms with Crippen LogP contribution in [0.15, 0.2) is 0 Å². The van der Waals surface area contributed by atoms with Gasteiger partial charge in [0.05, 0.1) is 0 Å². The maximum Gasteiger partial charge on any atom is 0.234 e. The molecule has 1 fully saturated rings. The van der Waals surface area contributed by atoms with Crippen LogP contribution in [-0.4, -0.2) is 32.9 Å². The largest absolute Gasteiger partial charge is 0.316 e. The minimum absolute atomic E-state index is 0.745. The molecule has 0 radical (unpaired) electrons. The van der Waals surface area contributed by atoms with Crippen LogP contribution in [0.1, 0.15) is 17.3 Å². The molecule has 1 aliphatic heterocycles. The molecule has 1 unspecified atom stereocenters. The van der Waals surface area contributed by atoms with Gasteiger partial charge in [-0.15, -0.1) is 10.2 Å². The summed E-state index contributed by atoms with van der Waals surface area (Å²) in [5, 5.41) is 17.1. The van der Waals surface area contributed by atoms with Crippen LogP contribution in [0.4, 0.5) is 0 Å². The monoisotopic (exact) mass is 223 g/mol. The molecule has 1 atom stereocenters. The van der Waals surface area contributed by atoms with Gasteiger partial charge in [-0.2, -0.15) is 9.61 Å². The molecule has 80 valence electrons. The molecule has 1 aliphatic rings. The standard InChI is InChI=1S/C9H13N5S/c1-6-11-12-9-14(6)13-8(15-9)4-7-2-3-10-5-7/h7,10H,2-5H2,1H3. The van der Waals surface area contributed by atoms with E-state index in [0.717, 1.165) is 36.2 Å². The van der Waals surface area contributed by atoms with E-state index >= 15 is 0 Å². The number of nitrogens with one attached hydrogen (secondary N) is 1. The van der Waals surface area contributed by atoms with Crippen molar-refractivity contribution < 1.29 is 0 Å². The topological polar surface area (TPSA) is 55.1 Å². The highest BCUT2D eigenvalue weighted by Crippen LogP contribution is 2.20. The fraction of sp³-hybridized carbons (Fsp3) is 0.667. The fourth-order valence-electron chi connectivity index (χ4n) is 1.97. The molecule has 0 aliphatic carbocycles. The van der Waals surface area contributed by atoms with Crippen molar-refractivity contribution in [3.05, 3.63) is 10.8 Å². The Morgan fingerprint density at radius 3 is 3.20 bits per heavy atom. The van der Waals surface area contributed by atoms with Crippen LogP contribution in [-0.2, 0) is 6.42 Å². The van der Waals surface area contributed by atoms with Crippen LogP contribution < -0.4 is 5.32 Å². The van der Waals surface area contributed by atoms with Crippen molar-refractivity contribution in [3.63, 3.8) is 0 Å². The van der Waals surface area contributed by atoms with Crippen molar-refractivity contribution in [3.8, 4) is 0 Å². The van der Waals surface area contributed by atoms with Gasteiger partial charge in [-0.1, -0.05) is 11.3 Å². The van der Waals surface area contributed by atoms with Gasteiger partial charge >= 0.3 is 0 Å². The molecule has 3 rings (SSSR count). The average molecular weight is 223 g/mol. The van der Waals surface area contributed by atoms with E-state index in [1.54, 1.807) is 11.3 Å². The highest BCUT2D eigenvalue weighted by molar-refractivity contribution is 7.16. The van der Waals surface area contributed by atoms with Crippen molar-refractivity contribution in [2.24, 2.45) is 5.92 Å². The first kappa shape index (κ1) is 9.23. The first-order valence-electron chi connectivity index (χ1n) is 5.21. The second-order valence-electron chi connectivity index (χ2n) is 4.00. The Kier molecular flexibility index (Phi) is 2.17. The van der Waals surface area contributed by atoms with Crippen molar-refractivity contribution in [1.82, 2.24) is 25.1 Å². The first-order chi connectivity index (χ1) is 7.33. The molecular formula is C9H13N5S.